The molecule has 0 unspecified atom stereocenters. The van der Waals surface area contributed by atoms with Crippen molar-refractivity contribution < 1.29 is 9.21 Å². The minimum atomic E-state index is -0.294. The first-order valence-electron chi connectivity index (χ1n) is 6.25. The largest absolute Gasteiger partial charge is 0.422 e. The zero-order valence-corrected chi connectivity index (χ0v) is 12.3. The number of oxazole rings is 1. The lowest BCUT2D eigenvalue weighted by molar-refractivity contribution is -0.122. The van der Waals surface area contributed by atoms with Gasteiger partial charge in [-0.1, -0.05) is 30.1 Å². The third-order valence-electron chi connectivity index (χ3n) is 3.65. The van der Waals surface area contributed by atoms with Gasteiger partial charge in [0.05, 0.1) is 10.9 Å². The molecule has 0 spiro atoms. The Kier molecular flexibility index (Phi) is 3.26. The van der Waals surface area contributed by atoms with E-state index in [1.807, 2.05) is 11.8 Å². The van der Waals surface area contributed by atoms with Gasteiger partial charge in [-0.05, 0) is 18.1 Å². The first-order chi connectivity index (χ1) is 9.45. The minimum Gasteiger partial charge on any atom is -0.422 e. The molecular formula is C13H13Cl2N3O2. The Labute approximate surface area is 125 Å². The van der Waals surface area contributed by atoms with Crippen molar-refractivity contribution in [2.75, 3.05) is 18.0 Å². The zero-order valence-electron chi connectivity index (χ0n) is 10.8. The van der Waals surface area contributed by atoms with Gasteiger partial charge in [-0.2, -0.15) is 4.98 Å². The van der Waals surface area contributed by atoms with E-state index in [-0.39, 0.29) is 17.7 Å². The summed E-state index contributed by atoms with van der Waals surface area (Å²) in [6.45, 7) is 3.17. The molecule has 0 bridgehead atoms. The molecule has 106 valence electrons. The number of carbonyl (C=O) groups is 1. The lowest BCUT2D eigenvalue weighted by Crippen LogP contribution is -2.29. The fourth-order valence-electron chi connectivity index (χ4n) is 2.58. The maximum atomic E-state index is 11.4. The molecule has 2 aromatic rings. The summed E-state index contributed by atoms with van der Waals surface area (Å²) in [5, 5.41) is 0.928. The molecule has 7 heteroatoms. The number of hydrogen-bond acceptors (Lipinski definition) is 4. The number of rotatable bonds is 2. The summed E-state index contributed by atoms with van der Waals surface area (Å²) in [6, 6.07) is 3.75. The summed E-state index contributed by atoms with van der Waals surface area (Å²) >= 11 is 12.0. The highest BCUT2D eigenvalue weighted by Gasteiger charge is 2.35. The third kappa shape index (κ3) is 2.21. The van der Waals surface area contributed by atoms with Crippen LogP contribution >= 0.6 is 23.2 Å². The van der Waals surface area contributed by atoms with Crippen molar-refractivity contribution in [3.05, 3.63) is 22.2 Å². The van der Waals surface area contributed by atoms with Gasteiger partial charge < -0.3 is 15.1 Å². The molecule has 2 atom stereocenters. The molecule has 2 N–H and O–H groups in total. The first-order valence-corrected chi connectivity index (χ1v) is 7.01. The van der Waals surface area contributed by atoms with Gasteiger partial charge in [-0.3, -0.25) is 4.79 Å². The van der Waals surface area contributed by atoms with Crippen molar-refractivity contribution in [1.82, 2.24) is 4.98 Å². The van der Waals surface area contributed by atoms with Crippen LogP contribution < -0.4 is 10.6 Å². The van der Waals surface area contributed by atoms with E-state index in [9.17, 15) is 4.79 Å². The number of hydrogen-bond donors (Lipinski definition) is 1. The lowest BCUT2D eigenvalue weighted by Gasteiger charge is -2.11. The Balaban J connectivity index is 1.96. The summed E-state index contributed by atoms with van der Waals surface area (Å²) in [6.07, 6.45) is 0. The number of fused-ring (bicyclic) bond motifs is 1. The smallest absolute Gasteiger partial charge is 0.298 e. The molecule has 0 radical (unpaired) electrons. The average molecular weight is 314 g/mol. The lowest BCUT2D eigenvalue weighted by atomic mass is 9.98. The van der Waals surface area contributed by atoms with Gasteiger partial charge in [0.1, 0.15) is 5.52 Å². The van der Waals surface area contributed by atoms with Crippen LogP contribution in [0.25, 0.3) is 11.1 Å². The maximum absolute atomic E-state index is 11.4. The van der Waals surface area contributed by atoms with Gasteiger partial charge in [0.2, 0.25) is 5.91 Å². The average Bonchev–Trinajstić information content (AvgIpc) is 2.92. The maximum Gasteiger partial charge on any atom is 0.298 e. The Morgan fingerprint density at radius 2 is 2.20 bits per heavy atom. The molecule has 5 nitrogen and oxygen atoms in total. The van der Waals surface area contributed by atoms with E-state index in [0.717, 1.165) is 0 Å². The Bertz CT molecular complexity index is 686. The van der Waals surface area contributed by atoms with E-state index >= 15 is 0 Å². The Morgan fingerprint density at radius 3 is 2.85 bits per heavy atom. The van der Waals surface area contributed by atoms with Crippen molar-refractivity contribution in [3.63, 3.8) is 0 Å². The predicted octanol–water partition coefficient (Wildman–Crippen LogP) is 2.69. The number of nitrogens with zero attached hydrogens (tertiary/aromatic N) is 2. The molecule has 0 aliphatic carbocycles. The van der Waals surface area contributed by atoms with Gasteiger partial charge in [-0.25, -0.2) is 0 Å². The van der Waals surface area contributed by atoms with Gasteiger partial charge in [-0.15, -0.1) is 0 Å². The first kappa shape index (κ1) is 13.5. The SMILES string of the molecule is C[C@@H]1CN(c2nc3cc(Cl)cc(Cl)c3o2)C[C@H]1C(N)=O. The third-order valence-corrected chi connectivity index (χ3v) is 4.15. The minimum absolute atomic E-state index is 0.168. The fraction of sp³-hybridized carbons (Fsp3) is 0.385. The van der Waals surface area contributed by atoms with Crippen LogP contribution in [0.3, 0.4) is 0 Å². The molecule has 3 rings (SSSR count). The molecule has 1 amide bonds. The molecular weight excluding hydrogens is 301 g/mol. The molecule has 1 aliphatic rings. The van der Waals surface area contributed by atoms with Crippen molar-refractivity contribution >= 4 is 46.2 Å². The van der Waals surface area contributed by atoms with Crippen molar-refractivity contribution in [3.8, 4) is 0 Å². The second-order valence-corrected chi connectivity index (χ2v) is 5.97. The van der Waals surface area contributed by atoms with E-state index in [0.29, 0.717) is 40.2 Å². The van der Waals surface area contributed by atoms with E-state index in [1.165, 1.54) is 0 Å². The normalized spacial score (nSPS) is 22.6. The molecule has 1 aliphatic heterocycles. The second-order valence-electron chi connectivity index (χ2n) is 5.12. The highest BCUT2D eigenvalue weighted by Crippen LogP contribution is 2.34. The highest BCUT2D eigenvalue weighted by molar-refractivity contribution is 6.38. The molecule has 0 saturated carbocycles. The van der Waals surface area contributed by atoms with Crippen LogP contribution in [0.5, 0.6) is 0 Å². The van der Waals surface area contributed by atoms with E-state index in [4.69, 9.17) is 33.4 Å². The summed E-state index contributed by atoms with van der Waals surface area (Å²) in [7, 11) is 0. The van der Waals surface area contributed by atoms with Crippen LogP contribution in [0.2, 0.25) is 10.0 Å². The number of aromatic nitrogens is 1. The molecule has 1 fully saturated rings. The van der Waals surface area contributed by atoms with Crippen LogP contribution in [-0.4, -0.2) is 24.0 Å². The van der Waals surface area contributed by atoms with Crippen molar-refractivity contribution in [1.29, 1.82) is 0 Å². The van der Waals surface area contributed by atoms with Crippen LogP contribution in [0.4, 0.5) is 6.01 Å². The predicted molar refractivity (Wildman–Crippen MR) is 78.1 cm³/mol. The van der Waals surface area contributed by atoms with Crippen molar-refractivity contribution in [2.45, 2.75) is 6.92 Å². The number of amides is 1. The standard InChI is InChI=1S/C13H13Cl2N3O2/c1-6-4-18(5-8(6)12(16)19)13-17-10-3-7(14)2-9(15)11(10)20-13/h2-3,6,8H,4-5H2,1H3,(H2,16,19)/t6-,8-/m1/s1. The van der Waals surface area contributed by atoms with E-state index in [2.05, 4.69) is 4.98 Å². The van der Waals surface area contributed by atoms with Crippen molar-refractivity contribution in [2.24, 2.45) is 17.6 Å². The number of benzene rings is 1. The number of carbonyl (C=O) groups excluding carboxylic acids is 1. The number of nitrogens with two attached hydrogens (primary N) is 1. The molecule has 1 saturated heterocycles. The number of anilines is 1. The van der Waals surface area contributed by atoms with Gasteiger partial charge in [0, 0.05) is 18.1 Å². The van der Waals surface area contributed by atoms with Gasteiger partial charge >= 0.3 is 0 Å². The highest BCUT2D eigenvalue weighted by atomic mass is 35.5. The molecule has 1 aromatic carbocycles. The zero-order chi connectivity index (χ0) is 14.4. The van der Waals surface area contributed by atoms with Gasteiger partial charge in [0.25, 0.3) is 6.01 Å². The molecule has 1 aromatic heterocycles. The topological polar surface area (TPSA) is 72.4 Å². The summed E-state index contributed by atoms with van der Waals surface area (Å²) in [5.41, 5.74) is 6.50. The van der Waals surface area contributed by atoms with Crippen LogP contribution in [0, 0.1) is 11.8 Å². The van der Waals surface area contributed by atoms with Crippen LogP contribution in [-0.2, 0) is 4.79 Å². The van der Waals surface area contributed by atoms with Crippen LogP contribution in [0.1, 0.15) is 6.92 Å². The summed E-state index contributed by atoms with van der Waals surface area (Å²) in [5.74, 6) is -0.317. The number of primary amides is 1. The van der Waals surface area contributed by atoms with Crippen LogP contribution in [0.15, 0.2) is 16.5 Å². The molecule has 2 heterocycles. The molecule has 20 heavy (non-hydrogen) atoms. The van der Waals surface area contributed by atoms with E-state index in [1.54, 1.807) is 12.1 Å². The number of halogens is 2. The quantitative estimate of drug-likeness (QED) is 0.925. The second kappa shape index (κ2) is 4.82. The summed E-state index contributed by atoms with van der Waals surface area (Å²) in [4.78, 5) is 17.7. The monoisotopic (exact) mass is 313 g/mol. The Morgan fingerprint density at radius 1 is 1.45 bits per heavy atom. The fourth-order valence-corrected chi connectivity index (χ4v) is 3.10. The van der Waals surface area contributed by atoms with E-state index < -0.39 is 0 Å². The summed E-state index contributed by atoms with van der Waals surface area (Å²) < 4.78 is 5.69. The Hall–Kier alpha value is -1.46. The van der Waals surface area contributed by atoms with Gasteiger partial charge in [0.15, 0.2) is 5.58 Å².